The van der Waals surface area contributed by atoms with Crippen LogP contribution in [0.1, 0.15) is 135 Å². The van der Waals surface area contributed by atoms with E-state index >= 15 is 0 Å². The zero-order chi connectivity index (χ0) is 20.5. The number of rotatable bonds is 18. The van der Waals surface area contributed by atoms with Gasteiger partial charge in [0.1, 0.15) is 0 Å². The maximum Gasteiger partial charge on any atom is 0.00364 e. The van der Waals surface area contributed by atoms with Crippen molar-refractivity contribution >= 4 is 21.6 Å². The molecule has 0 heterocycles. The van der Waals surface area contributed by atoms with Crippen LogP contribution in [0, 0.1) is 5.41 Å². The fraction of sp³-hybridized carbons (Fsp3) is 0.778. The third-order valence-electron chi connectivity index (χ3n) is 6.43. The Morgan fingerprint density at radius 2 is 1.03 bits per heavy atom. The molecule has 0 saturated carbocycles. The monoisotopic (exact) mass is 440 g/mol. The van der Waals surface area contributed by atoms with Crippen molar-refractivity contribution in [3.8, 4) is 0 Å². The summed E-state index contributed by atoms with van der Waals surface area (Å²) in [5, 5.41) is 0. The minimum absolute atomic E-state index is 0. The summed E-state index contributed by atoms with van der Waals surface area (Å²) in [5.41, 5.74) is 2.38. The quantitative estimate of drug-likeness (QED) is 0.157. The summed E-state index contributed by atoms with van der Waals surface area (Å²) in [6, 6.07) is 11.0. The lowest BCUT2D eigenvalue weighted by atomic mass is 9.80. The highest BCUT2D eigenvalue weighted by molar-refractivity contribution is 7.17. The van der Waals surface area contributed by atoms with Gasteiger partial charge in [0.15, 0.2) is 0 Å². The lowest BCUT2D eigenvalue weighted by Gasteiger charge is -2.32. The van der Waals surface area contributed by atoms with Crippen LogP contribution in [0.4, 0.5) is 0 Å². The summed E-state index contributed by atoms with van der Waals surface area (Å²) in [5.74, 6) is 0. The Balaban J connectivity index is 0.00000784. The molecule has 29 heavy (non-hydrogen) atoms. The standard InChI is InChI=1S/C27H49P.ClH/c1-4-5-6-7-8-9-10-11-12-13-14-15-16-17-21-24-27(2,3)26(28)25-22-19-18-20-23-25;/h18-20,22-23,26H,4-17,21,24,28H2,1-3H3;1H. The van der Waals surface area contributed by atoms with Crippen LogP contribution >= 0.6 is 21.6 Å². The van der Waals surface area contributed by atoms with Crippen LogP contribution in [0.25, 0.3) is 0 Å². The molecule has 0 amide bonds. The molecule has 170 valence electrons. The molecule has 1 aromatic carbocycles. The van der Waals surface area contributed by atoms with E-state index in [1.54, 1.807) is 0 Å². The largest absolute Gasteiger partial charge is 0.147 e. The molecule has 0 spiro atoms. The maximum atomic E-state index is 3.09. The number of hydrogen-bond donors (Lipinski definition) is 0. The average Bonchev–Trinajstić information content (AvgIpc) is 2.71. The summed E-state index contributed by atoms with van der Waals surface area (Å²) in [6.45, 7) is 7.16. The van der Waals surface area contributed by atoms with E-state index in [0.717, 1.165) is 0 Å². The normalized spacial score (nSPS) is 12.6. The lowest BCUT2D eigenvalue weighted by molar-refractivity contribution is 0.309. The first-order valence-corrected chi connectivity index (χ1v) is 13.0. The van der Waals surface area contributed by atoms with Gasteiger partial charge < -0.3 is 0 Å². The van der Waals surface area contributed by atoms with Crippen molar-refractivity contribution in [2.75, 3.05) is 0 Å². The molecule has 0 nitrogen and oxygen atoms in total. The van der Waals surface area contributed by atoms with E-state index < -0.39 is 0 Å². The molecule has 0 aliphatic rings. The van der Waals surface area contributed by atoms with Gasteiger partial charge in [-0.25, -0.2) is 0 Å². The first kappa shape index (κ1) is 28.9. The van der Waals surface area contributed by atoms with Crippen molar-refractivity contribution < 1.29 is 0 Å². The van der Waals surface area contributed by atoms with Gasteiger partial charge in [-0.15, -0.1) is 21.6 Å². The van der Waals surface area contributed by atoms with Crippen LogP contribution in [-0.2, 0) is 0 Å². The second kappa shape index (κ2) is 18.7. The molecule has 0 aromatic heterocycles. The van der Waals surface area contributed by atoms with Crippen LogP contribution in [0.15, 0.2) is 30.3 Å². The zero-order valence-electron chi connectivity index (χ0n) is 19.8. The van der Waals surface area contributed by atoms with Gasteiger partial charge in [-0.05, 0) is 17.4 Å². The highest BCUT2D eigenvalue weighted by atomic mass is 35.5. The van der Waals surface area contributed by atoms with Crippen LogP contribution in [0.2, 0.25) is 0 Å². The van der Waals surface area contributed by atoms with E-state index in [4.69, 9.17) is 0 Å². The van der Waals surface area contributed by atoms with Crippen molar-refractivity contribution in [3.63, 3.8) is 0 Å². The molecule has 1 aromatic rings. The summed E-state index contributed by atoms with van der Waals surface area (Å²) >= 11 is 0. The van der Waals surface area contributed by atoms with Gasteiger partial charge in [0.2, 0.25) is 0 Å². The summed E-state index contributed by atoms with van der Waals surface area (Å²) in [7, 11) is 3.09. The third-order valence-corrected chi connectivity index (χ3v) is 7.71. The van der Waals surface area contributed by atoms with Crippen molar-refractivity contribution in [1.82, 2.24) is 0 Å². The number of hydrogen-bond acceptors (Lipinski definition) is 0. The van der Waals surface area contributed by atoms with Gasteiger partial charge in [0, 0.05) is 5.66 Å². The molecule has 0 aliphatic carbocycles. The number of halogens is 1. The Hall–Kier alpha value is -0.0600. The summed E-state index contributed by atoms with van der Waals surface area (Å²) < 4.78 is 0. The summed E-state index contributed by atoms with van der Waals surface area (Å²) in [4.78, 5) is 0. The lowest BCUT2D eigenvalue weighted by Crippen LogP contribution is -2.17. The first-order valence-electron chi connectivity index (χ1n) is 12.4. The Kier molecular flexibility index (Phi) is 18.6. The SMILES string of the molecule is CCCCCCCCCCCCCCCCCC(C)(C)C(P)c1ccccc1.Cl. The molecule has 2 atom stereocenters. The van der Waals surface area contributed by atoms with E-state index in [1.807, 2.05) is 0 Å². The molecular weight excluding hydrogens is 391 g/mol. The zero-order valence-corrected chi connectivity index (χ0v) is 21.7. The van der Waals surface area contributed by atoms with Gasteiger partial charge in [-0.1, -0.05) is 147 Å². The molecular formula is C27H50ClP. The van der Waals surface area contributed by atoms with Gasteiger partial charge in [0.25, 0.3) is 0 Å². The van der Waals surface area contributed by atoms with Crippen molar-refractivity contribution in [2.45, 2.75) is 129 Å². The Morgan fingerprint density at radius 1 is 0.655 bits per heavy atom. The smallest absolute Gasteiger partial charge is 0.00364 e. The van der Waals surface area contributed by atoms with E-state index in [1.165, 1.54) is 108 Å². The van der Waals surface area contributed by atoms with E-state index in [-0.39, 0.29) is 12.4 Å². The minimum Gasteiger partial charge on any atom is -0.147 e. The summed E-state index contributed by atoms with van der Waals surface area (Å²) in [6.07, 6.45) is 23.0. The van der Waals surface area contributed by atoms with E-state index in [0.29, 0.717) is 11.1 Å². The average molecular weight is 441 g/mol. The Morgan fingerprint density at radius 3 is 1.45 bits per heavy atom. The van der Waals surface area contributed by atoms with Crippen LogP contribution in [0.5, 0.6) is 0 Å². The predicted molar refractivity (Wildman–Crippen MR) is 139 cm³/mol. The molecule has 0 radical (unpaired) electrons. The third kappa shape index (κ3) is 14.6. The maximum absolute atomic E-state index is 3.09. The number of benzene rings is 1. The second-order valence-corrected chi connectivity index (χ2v) is 10.2. The van der Waals surface area contributed by atoms with Crippen molar-refractivity contribution in [2.24, 2.45) is 5.41 Å². The van der Waals surface area contributed by atoms with Gasteiger partial charge in [-0.2, -0.15) is 0 Å². The van der Waals surface area contributed by atoms with Crippen LogP contribution < -0.4 is 0 Å². The topological polar surface area (TPSA) is 0 Å². The van der Waals surface area contributed by atoms with E-state index in [2.05, 4.69) is 60.3 Å². The minimum atomic E-state index is 0. The first-order chi connectivity index (χ1) is 13.6. The predicted octanol–water partition coefficient (Wildman–Crippen LogP) is 10.3. The second-order valence-electron chi connectivity index (χ2n) is 9.58. The molecule has 0 N–H and O–H groups in total. The molecule has 2 heteroatoms. The van der Waals surface area contributed by atoms with Crippen molar-refractivity contribution in [3.05, 3.63) is 35.9 Å². The molecule has 0 saturated heterocycles. The molecule has 1 rings (SSSR count). The van der Waals surface area contributed by atoms with Crippen LogP contribution in [-0.4, -0.2) is 0 Å². The fourth-order valence-electron chi connectivity index (χ4n) is 4.22. The molecule has 0 bridgehead atoms. The molecule has 2 unspecified atom stereocenters. The van der Waals surface area contributed by atoms with Gasteiger partial charge >= 0.3 is 0 Å². The Labute approximate surface area is 192 Å². The molecule has 0 fully saturated rings. The highest BCUT2D eigenvalue weighted by Crippen LogP contribution is 2.44. The van der Waals surface area contributed by atoms with E-state index in [9.17, 15) is 0 Å². The van der Waals surface area contributed by atoms with Crippen LogP contribution in [0.3, 0.4) is 0 Å². The highest BCUT2D eigenvalue weighted by Gasteiger charge is 2.26. The van der Waals surface area contributed by atoms with Crippen molar-refractivity contribution in [1.29, 1.82) is 0 Å². The van der Waals surface area contributed by atoms with Gasteiger partial charge in [-0.3, -0.25) is 0 Å². The Bertz CT molecular complexity index is 457. The van der Waals surface area contributed by atoms with Gasteiger partial charge in [0.05, 0.1) is 0 Å². The molecule has 0 aliphatic heterocycles. The number of unbranched alkanes of at least 4 members (excludes halogenated alkanes) is 14. The fourth-order valence-corrected chi connectivity index (χ4v) is 4.61.